The van der Waals surface area contributed by atoms with Crippen molar-refractivity contribution < 1.29 is 14.3 Å². The fraction of sp³-hybridized carbons (Fsp3) is 0.222. The van der Waals surface area contributed by atoms with Crippen LogP contribution in [0.4, 0.5) is 0 Å². The highest BCUT2D eigenvalue weighted by Crippen LogP contribution is 2.18. The van der Waals surface area contributed by atoms with Crippen molar-refractivity contribution in [3.8, 4) is 11.5 Å². The van der Waals surface area contributed by atoms with E-state index in [1.165, 1.54) is 0 Å². The van der Waals surface area contributed by atoms with E-state index in [4.69, 9.17) is 9.47 Å². The summed E-state index contributed by atoms with van der Waals surface area (Å²) in [6.07, 6.45) is 1.55. The first-order valence-corrected chi connectivity index (χ1v) is 7.24. The maximum absolute atomic E-state index is 11.7. The van der Waals surface area contributed by atoms with Gasteiger partial charge < -0.3 is 9.47 Å². The summed E-state index contributed by atoms with van der Waals surface area (Å²) < 4.78 is 10.6. The summed E-state index contributed by atoms with van der Waals surface area (Å²) in [5.41, 5.74) is 5.42. The molecule has 0 bridgehead atoms. The van der Waals surface area contributed by atoms with Gasteiger partial charge in [0.1, 0.15) is 11.5 Å². The van der Waals surface area contributed by atoms with Crippen LogP contribution >= 0.6 is 0 Å². The third-order valence-electron chi connectivity index (χ3n) is 3.19. The van der Waals surface area contributed by atoms with E-state index in [1.54, 1.807) is 13.3 Å². The van der Waals surface area contributed by atoms with Crippen molar-refractivity contribution in [2.24, 2.45) is 5.10 Å². The second-order valence-electron chi connectivity index (χ2n) is 5.13. The Hall–Kier alpha value is -2.82. The molecule has 2 aromatic carbocycles. The van der Waals surface area contributed by atoms with Gasteiger partial charge in [-0.15, -0.1) is 0 Å². The first-order valence-electron chi connectivity index (χ1n) is 7.24. The Labute approximate surface area is 135 Å². The van der Waals surface area contributed by atoms with E-state index in [-0.39, 0.29) is 12.5 Å². The minimum atomic E-state index is -0.316. The van der Waals surface area contributed by atoms with Crippen molar-refractivity contribution in [2.75, 3.05) is 13.7 Å². The van der Waals surface area contributed by atoms with Crippen LogP contribution in [0.5, 0.6) is 11.5 Å². The van der Waals surface area contributed by atoms with Gasteiger partial charge in [0.05, 0.1) is 13.3 Å². The highest BCUT2D eigenvalue weighted by atomic mass is 16.5. The van der Waals surface area contributed by atoms with Crippen LogP contribution in [-0.4, -0.2) is 25.8 Å². The second kappa shape index (κ2) is 7.98. The maximum atomic E-state index is 11.7. The highest BCUT2D eigenvalue weighted by Gasteiger charge is 2.04. The molecular formula is C18H20N2O3. The molecule has 0 unspecified atom stereocenters. The summed E-state index contributed by atoms with van der Waals surface area (Å²) in [5, 5.41) is 3.91. The number of amides is 1. The molecule has 0 fully saturated rings. The molecule has 0 saturated heterocycles. The van der Waals surface area contributed by atoms with E-state index in [0.29, 0.717) is 5.75 Å². The van der Waals surface area contributed by atoms with Crippen molar-refractivity contribution >= 4 is 12.1 Å². The number of carbonyl (C=O) groups is 1. The topological polar surface area (TPSA) is 59.9 Å². The third-order valence-corrected chi connectivity index (χ3v) is 3.19. The first-order chi connectivity index (χ1) is 11.1. The van der Waals surface area contributed by atoms with E-state index in [9.17, 15) is 4.79 Å². The predicted molar refractivity (Wildman–Crippen MR) is 90.1 cm³/mol. The lowest BCUT2D eigenvalue weighted by Gasteiger charge is -2.08. The number of hydrogen-bond acceptors (Lipinski definition) is 4. The molecule has 5 nitrogen and oxygen atoms in total. The number of carbonyl (C=O) groups excluding carboxylic acids is 1. The summed E-state index contributed by atoms with van der Waals surface area (Å²) in [6, 6.07) is 13.2. The molecule has 1 N–H and O–H groups in total. The number of nitrogens with zero attached hydrogens (tertiary/aromatic N) is 1. The Morgan fingerprint density at radius 1 is 1.22 bits per heavy atom. The molecule has 5 heteroatoms. The van der Waals surface area contributed by atoms with Crippen LogP contribution < -0.4 is 14.9 Å². The fourth-order valence-corrected chi connectivity index (χ4v) is 2.04. The van der Waals surface area contributed by atoms with Gasteiger partial charge in [0.25, 0.3) is 5.91 Å². The zero-order valence-corrected chi connectivity index (χ0v) is 13.5. The lowest BCUT2D eigenvalue weighted by molar-refractivity contribution is -0.123. The molecule has 0 atom stereocenters. The third kappa shape index (κ3) is 5.14. The van der Waals surface area contributed by atoms with Crippen LogP contribution in [0.15, 0.2) is 47.6 Å². The Balaban J connectivity index is 1.83. The maximum Gasteiger partial charge on any atom is 0.277 e. The molecule has 0 saturated carbocycles. The molecule has 0 spiro atoms. The van der Waals surface area contributed by atoms with Crippen molar-refractivity contribution in [2.45, 2.75) is 13.8 Å². The molecule has 0 aliphatic carbocycles. The molecular weight excluding hydrogens is 292 g/mol. The van der Waals surface area contributed by atoms with Crippen LogP contribution in [0.2, 0.25) is 0 Å². The molecule has 0 radical (unpaired) electrons. The van der Waals surface area contributed by atoms with Gasteiger partial charge in [-0.3, -0.25) is 4.79 Å². The molecule has 2 aromatic rings. The smallest absolute Gasteiger partial charge is 0.277 e. The highest BCUT2D eigenvalue weighted by molar-refractivity contribution is 5.83. The van der Waals surface area contributed by atoms with E-state index < -0.39 is 0 Å². The monoisotopic (exact) mass is 312 g/mol. The minimum absolute atomic E-state index is 0.0840. The first kappa shape index (κ1) is 16.5. The summed E-state index contributed by atoms with van der Waals surface area (Å²) in [5.74, 6) is 1.12. The van der Waals surface area contributed by atoms with Crippen LogP contribution in [0.3, 0.4) is 0 Å². The molecule has 120 valence electrons. The van der Waals surface area contributed by atoms with E-state index >= 15 is 0 Å². The Kier molecular flexibility index (Phi) is 5.74. The summed E-state index contributed by atoms with van der Waals surface area (Å²) in [7, 11) is 1.60. The van der Waals surface area contributed by atoms with Gasteiger partial charge in [0, 0.05) is 0 Å². The van der Waals surface area contributed by atoms with Crippen LogP contribution in [0.1, 0.15) is 16.7 Å². The van der Waals surface area contributed by atoms with Crippen molar-refractivity contribution in [3.05, 3.63) is 59.2 Å². The van der Waals surface area contributed by atoms with E-state index in [2.05, 4.69) is 10.5 Å². The predicted octanol–water partition coefficient (Wildman–Crippen LogP) is 2.84. The molecule has 23 heavy (non-hydrogen) atoms. The Bertz CT molecular complexity index is 711. The number of hydrogen-bond donors (Lipinski definition) is 1. The molecule has 2 rings (SSSR count). The van der Waals surface area contributed by atoms with Gasteiger partial charge >= 0.3 is 0 Å². The number of rotatable bonds is 6. The van der Waals surface area contributed by atoms with Crippen molar-refractivity contribution in [3.63, 3.8) is 0 Å². The molecule has 0 aliphatic rings. The lowest BCUT2D eigenvalue weighted by Crippen LogP contribution is -2.24. The Morgan fingerprint density at radius 2 is 2.04 bits per heavy atom. The van der Waals surface area contributed by atoms with Crippen molar-refractivity contribution in [1.82, 2.24) is 5.43 Å². The summed E-state index contributed by atoms with van der Waals surface area (Å²) in [6.45, 7) is 3.87. The summed E-state index contributed by atoms with van der Waals surface area (Å²) in [4.78, 5) is 11.7. The SMILES string of the molecule is COc1cccc(/C=N/NC(=O)COc2ccc(C)cc2C)c1. The zero-order chi connectivity index (χ0) is 16.7. The zero-order valence-electron chi connectivity index (χ0n) is 13.5. The number of nitrogens with one attached hydrogen (secondary N) is 1. The Morgan fingerprint density at radius 3 is 2.78 bits per heavy atom. The molecule has 0 heterocycles. The van der Waals surface area contributed by atoms with Gasteiger partial charge in [-0.05, 0) is 43.2 Å². The number of ether oxygens (including phenoxy) is 2. The number of benzene rings is 2. The largest absolute Gasteiger partial charge is 0.497 e. The quantitative estimate of drug-likeness (QED) is 0.659. The molecule has 0 aliphatic heterocycles. The fourth-order valence-electron chi connectivity index (χ4n) is 2.04. The van der Waals surface area contributed by atoms with Gasteiger partial charge in [-0.25, -0.2) is 5.43 Å². The minimum Gasteiger partial charge on any atom is -0.497 e. The van der Waals surface area contributed by atoms with Crippen molar-refractivity contribution in [1.29, 1.82) is 0 Å². The molecule has 0 aromatic heterocycles. The van der Waals surface area contributed by atoms with Crippen LogP contribution in [-0.2, 0) is 4.79 Å². The average molecular weight is 312 g/mol. The number of hydrazone groups is 1. The number of methoxy groups -OCH3 is 1. The van der Waals surface area contributed by atoms with Gasteiger partial charge in [-0.2, -0.15) is 5.10 Å². The second-order valence-corrected chi connectivity index (χ2v) is 5.13. The number of aryl methyl sites for hydroxylation is 2. The van der Waals surface area contributed by atoms with E-state index in [1.807, 2.05) is 56.3 Å². The van der Waals surface area contributed by atoms with Crippen LogP contribution in [0.25, 0.3) is 0 Å². The lowest BCUT2D eigenvalue weighted by atomic mass is 10.1. The van der Waals surface area contributed by atoms with Gasteiger partial charge in [0.15, 0.2) is 6.61 Å². The normalized spacial score (nSPS) is 10.6. The van der Waals surface area contributed by atoms with Gasteiger partial charge in [-0.1, -0.05) is 29.8 Å². The standard InChI is InChI=1S/C18H20N2O3/c1-13-7-8-17(14(2)9-13)23-12-18(21)20-19-11-15-5-4-6-16(10-15)22-3/h4-11H,12H2,1-3H3,(H,20,21)/b19-11+. The van der Waals surface area contributed by atoms with Crippen LogP contribution in [0, 0.1) is 13.8 Å². The average Bonchev–Trinajstić information content (AvgIpc) is 2.54. The van der Waals surface area contributed by atoms with Gasteiger partial charge in [0.2, 0.25) is 0 Å². The van der Waals surface area contributed by atoms with E-state index in [0.717, 1.165) is 22.4 Å². The summed E-state index contributed by atoms with van der Waals surface area (Å²) >= 11 is 0. The molecule has 1 amide bonds.